The number of sulfonamides is 2. The second-order valence-corrected chi connectivity index (χ2v) is 12.1. The maximum Gasteiger partial charge on any atom is 0.243 e. The molecule has 0 radical (unpaired) electrons. The molecule has 1 aromatic rings. The van der Waals surface area contributed by atoms with Gasteiger partial charge in [0.1, 0.15) is 0 Å². The average molecular weight is 458 g/mol. The molecule has 0 bridgehead atoms. The Bertz CT molecular complexity index is 976. The summed E-state index contributed by atoms with van der Waals surface area (Å²) in [5.41, 5.74) is 1.10. The summed E-state index contributed by atoms with van der Waals surface area (Å²) in [4.78, 5) is 12.9. The fourth-order valence-electron chi connectivity index (χ4n) is 4.07. The third-order valence-electron chi connectivity index (χ3n) is 5.93. The highest BCUT2D eigenvalue weighted by Gasteiger charge is 2.30. The number of nitrogens with zero attached hydrogens (tertiary/aromatic N) is 2. The summed E-state index contributed by atoms with van der Waals surface area (Å²) >= 11 is 0. The van der Waals surface area contributed by atoms with Gasteiger partial charge in [-0.2, -0.15) is 4.31 Å². The number of nitrogens with one attached hydrogen (secondary N) is 1. The van der Waals surface area contributed by atoms with Crippen LogP contribution in [-0.2, 0) is 24.8 Å². The summed E-state index contributed by atoms with van der Waals surface area (Å²) in [6, 6.07) is 4.96. The lowest BCUT2D eigenvalue weighted by molar-refractivity contribution is -0.120. The van der Waals surface area contributed by atoms with Gasteiger partial charge in [0.2, 0.25) is 26.0 Å². The van der Waals surface area contributed by atoms with Gasteiger partial charge in [-0.15, -0.1) is 0 Å². The van der Waals surface area contributed by atoms with E-state index in [1.54, 1.807) is 29.4 Å². The van der Waals surface area contributed by atoms with Crippen LogP contribution in [0.5, 0.6) is 0 Å². The van der Waals surface area contributed by atoms with Crippen LogP contribution in [0, 0.1) is 12.8 Å². The van der Waals surface area contributed by atoms with Gasteiger partial charge in [-0.25, -0.2) is 21.1 Å². The fourth-order valence-corrected chi connectivity index (χ4v) is 6.71. The lowest BCUT2D eigenvalue weighted by Gasteiger charge is -2.29. The monoisotopic (exact) mass is 457 g/mol. The van der Waals surface area contributed by atoms with E-state index in [-0.39, 0.29) is 16.7 Å². The number of piperidine rings is 1. The summed E-state index contributed by atoms with van der Waals surface area (Å²) in [5, 5.41) is 2.83. The first-order chi connectivity index (χ1) is 14.1. The third-order valence-corrected chi connectivity index (χ3v) is 9.28. The molecule has 2 aliphatic heterocycles. The minimum absolute atomic E-state index is 0.204. The zero-order chi connectivity index (χ0) is 21.9. The van der Waals surface area contributed by atoms with E-state index in [0.29, 0.717) is 50.3 Å². The number of rotatable bonds is 5. The molecule has 168 valence electrons. The van der Waals surface area contributed by atoms with E-state index in [4.69, 9.17) is 0 Å². The predicted molar refractivity (Wildman–Crippen MR) is 116 cm³/mol. The third kappa shape index (κ3) is 5.40. The number of benzene rings is 1. The smallest absolute Gasteiger partial charge is 0.243 e. The normalized spacial score (nSPS) is 20.6. The number of hydrogen-bond donors (Lipinski definition) is 1. The summed E-state index contributed by atoms with van der Waals surface area (Å²) in [7, 11) is -6.86. The SMILES string of the molecule is Cc1ccc(NC(=O)C2CCN(S(C)(=O)=O)CC2)cc1S(=O)(=O)N1CCCCCC1. The Kier molecular flexibility index (Phi) is 7.21. The highest BCUT2D eigenvalue weighted by Crippen LogP contribution is 2.27. The summed E-state index contributed by atoms with van der Waals surface area (Å²) < 4.78 is 52.6. The van der Waals surface area contributed by atoms with E-state index in [9.17, 15) is 21.6 Å². The highest BCUT2D eigenvalue weighted by atomic mass is 32.2. The van der Waals surface area contributed by atoms with E-state index in [0.717, 1.165) is 25.7 Å². The van der Waals surface area contributed by atoms with Crippen LogP contribution in [0.4, 0.5) is 5.69 Å². The molecule has 0 atom stereocenters. The van der Waals surface area contributed by atoms with Crippen molar-refractivity contribution in [3.05, 3.63) is 23.8 Å². The van der Waals surface area contributed by atoms with E-state index >= 15 is 0 Å². The minimum atomic E-state index is -3.61. The van der Waals surface area contributed by atoms with E-state index in [2.05, 4.69) is 5.32 Å². The molecule has 30 heavy (non-hydrogen) atoms. The second kappa shape index (κ2) is 9.33. The number of carbonyl (C=O) groups is 1. The molecule has 2 heterocycles. The molecule has 2 saturated heterocycles. The van der Waals surface area contributed by atoms with Crippen LogP contribution in [0.3, 0.4) is 0 Å². The molecule has 0 saturated carbocycles. The van der Waals surface area contributed by atoms with E-state index in [1.165, 1.54) is 10.6 Å². The summed E-state index contributed by atoms with van der Waals surface area (Å²) in [5.74, 6) is -0.500. The van der Waals surface area contributed by atoms with Gasteiger partial charge in [-0.1, -0.05) is 18.9 Å². The maximum atomic E-state index is 13.2. The molecule has 0 aromatic heterocycles. The molecule has 8 nitrogen and oxygen atoms in total. The Morgan fingerprint density at radius 3 is 2.10 bits per heavy atom. The van der Waals surface area contributed by atoms with Crippen LogP contribution >= 0.6 is 0 Å². The molecule has 1 amide bonds. The van der Waals surface area contributed by atoms with Crippen molar-refractivity contribution in [2.75, 3.05) is 37.8 Å². The Hall–Kier alpha value is -1.49. The molecule has 3 rings (SSSR count). The Morgan fingerprint density at radius 2 is 1.53 bits per heavy atom. The largest absolute Gasteiger partial charge is 0.326 e. The zero-order valence-electron chi connectivity index (χ0n) is 17.6. The number of hydrogen-bond acceptors (Lipinski definition) is 5. The Morgan fingerprint density at radius 1 is 0.933 bits per heavy atom. The van der Waals surface area contributed by atoms with Crippen molar-refractivity contribution in [1.29, 1.82) is 0 Å². The van der Waals surface area contributed by atoms with Gasteiger partial charge in [0.05, 0.1) is 11.2 Å². The fraction of sp³-hybridized carbons (Fsp3) is 0.650. The predicted octanol–water partition coefficient (Wildman–Crippen LogP) is 2.17. The topological polar surface area (TPSA) is 104 Å². The van der Waals surface area contributed by atoms with Crippen molar-refractivity contribution >= 4 is 31.6 Å². The minimum Gasteiger partial charge on any atom is -0.326 e. The van der Waals surface area contributed by atoms with Gasteiger partial charge in [-0.3, -0.25) is 4.79 Å². The maximum absolute atomic E-state index is 13.2. The molecular formula is C20H31N3O5S2. The highest BCUT2D eigenvalue weighted by molar-refractivity contribution is 7.89. The molecule has 1 aromatic carbocycles. The van der Waals surface area contributed by atoms with Gasteiger partial charge >= 0.3 is 0 Å². The summed E-state index contributed by atoms with van der Waals surface area (Å²) in [6.07, 6.45) is 5.87. The first-order valence-corrected chi connectivity index (χ1v) is 13.7. The molecule has 2 aliphatic rings. The number of aryl methyl sites for hydroxylation is 1. The van der Waals surface area contributed by atoms with Crippen molar-refractivity contribution in [3.8, 4) is 0 Å². The van der Waals surface area contributed by atoms with Crippen LogP contribution in [0.15, 0.2) is 23.1 Å². The van der Waals surface area contributed by atoms with Gasteiger partial charge in [0.15, 0.2) is 0 Å². The molecular weight excluding hydrogens is 426 g/mol. The standard InChI is InChI=1S/C20H31N3O5S2/c1-16-7-8-18(15-19(16)30(27,28)23-11-5-3-4-6-12-23)21-20(24)17-9-13-22(14-10-17)29(2,25)26/h7-8,15,17H,3-6,9-14H2,1-2H3,(H,21,24). The molecule has 0 unspecified atom stereocenters. The second-order valence-electron chi connectivity index (χ2n) is 8.22. The number of amides is 1. The Balaban J connectivity index is 1.71. The van der Waals surface area contributed by atoms with Crippen molar-refractivity contribution in [2.45, 2.75) is 50.3 Å². The lowest BCUT2D eigenvalue weighted by Crippen LogP contribution is -2.40. The average Bonchev–Trinajstić information content (AvgIpc) is 2.99. The van der Waals surface area contributed by atoms with Gasteiger partial charge < -0.3 is 5.32 Å². The van der Waals surface area contributed by atoms with Gasteiger partial charge in [0.25, 0.3) is 0 Å². The van der Waals surface area contributed by atoms with E-state index < -0.39 is 20.0 Å². The zero-order valence-corrected chi connectivity index (χ0v) is 19.3. The molecule has 1 N–H and O–H groups in total. The lowest BCUT2D eigenvalue weighted by atomic mass is 9.97. The molecule has 0 spiro atoms. The van der Waals surface area contributed by atoms with Crippen LogP contribution in [-0.4, -0.2) is 63.8 Å². The first kappa shape index (κ1) is 23.2. The van der Waals surface area contributed by atoms with Crippen LogP contribution in [0.2, 0.25) is 0 Å². The van der Waals surface area contributed by atoms with Gasteiger partial charge in [-0.05, 0) is 50.3 Å². The molecule has 10 heteroatoms. The molecule has 2 fully saturated rings. The molecule has 0 aliphatic carbocycles. The van der Waals surface area contributed by atoms with Crippen LogP contribution in [0.25, 0.3) is 0 Å². The van der Waals surface area contributed by atoms with Gasteiger partial charge in [0, 0.05) is 37.8 Å². The van der Waals surface area contributed by atoms with Crippen LogP contribution in [0.1, 0.15) is 44.1 Å². The number of anilines is 1. The number of carbonyl (C=O) groups excluding carboxylic acids is 1. The van der Waals surface area contributed by atoms with Crippen molar-refractivity contribution in [2.24, 2.45) is 5.92 Å². The van der Waals surface area contributed by atoms with Crippen molar-refractivity contribution in [3.63, 3.8) is 0 Å². The van der Waals surface area contributed by atoms with Crippen molar-refractivity contribution < 1.29 is 21.6 Å². The van der Waals surface area contributed by atoms with Crippen molar-refractivity contribution in [1.82, 2.24) is 8.61 Å². The van der Waals surface area contributed by atoms with E-state index in [1.807, 2.05) is 0 Å². The van der Waals surface area contributed by atoms with Crippen LogP contribution < -0.4 is 5.32 Å². The summed E-state index contributed by atoms with van der Waals surface area (Å²) in [6.45, 7) is 3.45. The Labute approximate surface area is 179 Å². The quantitative estimate of drug-likeness (QED) is 0.730. The first-order valence-electron chi connectivity index (χ1n) is 10.5.